The Kier molecular flexibility index (Phi) is 3.29. The van der Waals surface area contributed by atoms with Crippen LogP contribution in [0.15, 0.2) is 30.3 Å². The molecule has 0 saturated heterocycles. The zero-order chi connectivity index (χ0) is 8.81. The minimum Gasteiger partial charge on any atom is -0.460 e. The van der Waals surface area contributed by atoms with E-state index in [1.54, 1.807) is 24.3 Å². The largest absolute Gasteiger partial charge is 0.460 e. The van der Waals surface area contributed by atoms with Crippen LogP contribution in [0.4, 0.5) is 0 Å². The predicted molar refractivity (Wildman–Crippen MR) is 42.3 cm³/mol. The van der Waals surface area contributed by atoms with Gasteiger partial charge in [-0.25, -0.2) is 9.90 Å². The molecule has 3 nitrogen and oxygen atoms in total. The van der Waals surface area contributed by atoms with Gasteiger partial charge in [-0.15, -0.1) is 0 Å². The molecule has 0 atom stereocenters. The second kappa shape index (κ2) is 4.51. The van der Waals surface area contributed by atoms with E-state index < -0.39 is 12.6 Å². The maximum atomic E-state index is 11.0. The van der Waals surface area contributed by atoms with Crippen LogP contribution in [-0.4, -0.2) is 19.2 Å². The lowest BCUT2D eigenvalue weighted by Gasteiger charge is -2.00. The molecule has 0 bridgehead atoms. The Bertz CT molecular complexity index is 243. The molecule has 1 rings (SSSR count). The molecule has 0 N–H and O–H groups in total. The van der Waals surface area contributed by atoms with E-state index in [1.165, 1.54) is 0 Å². The molecule has 1 aromatic rings. The normalized spacial score (nSPS) is 9.42. The van der Waals surface area contributed by atoms with Crippen LogP contribution < -0.4 is 0 Å². The van der Waals surface area contributed by atoms with Crippen molar-refractivity contribution in [3.05, 3.63) is 35.9 Å². The van der Waals surface area contributed by atoms with E-state index in [1.807, 2.05) is 6.07 Å². The Labute approximate surface area is 70.6 Å². The van der Waals surface area contributed by atoms with Crippen LogP contribution in [0.3, 0.4) is 0 Å². The lowest BCUT2D eigenvalue weighted by molar-refractivity contribution is 0.0365. The van der Waals surface area contributed by atoms with Crippen molar-refractivity contribution in [3.63, 3.8) is 0 Å². The van der Waals surface area contributed by atoms with Gasteiger partial charge in [-0.1, -0.05) is 18.2 Å². The molecule has 3 heteroatoms. The van der Waals surface area contributed by atoms with Crippen LogP contribution in [0.2, 0.25) is 0 Å². The van der Waals surface area contributed by atoms with Gasteiger partial charge in [0, 0.05) is 0 Å². The van der Waals surface area contributed by atoms with E-state index in [0.717, 1.165) is 0 Å². The van der Waals surface area contributed by atoms with Gasteiger partial charge in [0.2, 0.25) is 0 Å². The molecule has 0 unspecified atom stereocenters. The highest BCUT2D eigenvalue weighted by Crippen LogP contribution is 2.00. The first kappa shape index (κ1) is 8.74. The third-order valence-electron chi connectivity index (χ3n) is 1.33. The minimum atomic E-state index is -0.438. The zero-order valence-corrected chi connectivity index (χ0v) is 6.53. The third kappa shape index (κ3) is 2.36. The van der Waals surface area contributed by atoms with E-state index in [9.17, 15) is 9.90 Å². The SMILES string of the molecule is [O]CCOC(=O)c1ccccc1. The fourth-order valence-electron chi connectivity index (χ4n) is 0.792. The van der Waals surface area contributed by atoms with Crippen molar-refractivity contribution in [2.75, 3.05) is 13.2 Å². The number of carbonyl (C=O) groups is 1. The van der Waals surface area contributed by atoms with Gasteiger partial charge in [0.05, 0.1) is 5.56 Å². The number of hydrogen-bond donors (Lipinski definition) is 0. The van der Waals surface area contributed by atoms with E-state index in [2.05, 4.69) is 4.74 Å². The van der Waals surface area contributed by atoms with Crippen molar-refractivity contribution >= 4 is 5.97 Å². The smallest absolute Gasteiger partial charge is 0.338 e. The fourth-order valence-corrected chi connectivity index (χ4v) is 0.792. The quantitative estimate of drug-likeness (QED) is 0.633. The van der Waals surface area contributed by atoms with Gasteiger partial charge in [0.15, 0.2) is 0 Å². The molecular formula is C9H9O3. The average Bonchev–Trinajstić information content (AvgIpc) is 2.15. The van der Waals surface area contributed by atoms with Crippen molar-refractivity contribution in [1.29, 1.82) is 0 Å². The molecule has 0 heterocycles. The van der Waals surface area contributed by atoms with Crippen LogP contribution in [0.1, 0.15) is 10.4 Å². The standard InChI is InChI=1S/C9H9O3/c10-6-7-12-9(11)8-4-2-1-3-5-8/h1-5H,6-7H2. The summed E-state index contributed by atoms with van der Waals surface area (Å²) in [7, 11) is 0. The van der Waals surface area contributed by atoms with Crippen molar-refractivity contribution < 1.29 is 14.6 Å². The monoisotopic (exact) mass is 165 g/mol. The minimum absolute atomic E-state index is 0.0618. The molecule has 0 aromatic heterocycles. The van der Waals surface area contributed by atoms with Gasteiger partial charge in [-0.2, -0.15) is 0 Å². The van der Waals surface area contributed by atoms with Crippen LogP contribution in [0.25, 0.3) is 0 Å². The van der Waals surface area contributed by atoms with Crippen molar-refractivity contribution in [2.24, 2.45) is 0 Å². The van der Waals surface area contributed by atoms with E-state index in [0.29, 0.717) is 5.56 Å². The Balaban J connectivity index is 2.54. The van der Waals surface area contributed by atoms with Crippen molar-refractivity contribution in [1.82, 2.24) is 0 Å². The second-order valence-electron chi connectivity index (χ2n) is 2.21. The van der Waals surface area contributed by atoms with Crippen LogP contribution in [0, 0.1) is 0 Å². The van der Waals surface area contributed by atoms with E-state index in [4.69, 9.17) is 0 Å². The molecule has 1 aromatic carbocycles. The molecule has 0 aliphatic heterocycles. The summed E-state index contributed by atoms with van der Waals surface area (Å²) in [4.78, 5) is 11.0. The van der Waals surface area contributed by atoms with Gasteiger partial charge in [-0.3, -0.25) is 0 Å². The molecule has 0 spiro atoms. The van der Waals surface area contributed by atoms with Crippen LogP contribution >= 0.6 is 0 Å². The van der Waals surface area contributed by atoms with Crippen molar-refractivity contribution in [2.45, 2.75) is 0 Å². The molecule has 12 heavy (non-hydrogen) atoms. The Morgan fingerprint density at radius 3 is 2.50 bits per heavy atom. The molecule has 0 saturated carbocycles. The Morgan fingerprint density at radius 2 is 1.92 bits per heavy atom. The maximum absolute atomic E-state index is 11.0. The van der Waals surface area contributed by atoms with Gasteiger partial charge in [-0.05, 0) is 12.1 Å². The fraction of sp³-hybridized carbons (Fsp3) is 0.222. The molecule has 0 aliphatic carbocycles. The summed E-state index contributed by atoms with van der Waals surface area (Å²) in [6.45, 7) is -0.452. The molecule has 1 radical (unpaired) electrons. The third-order valence-corrected chi connectivity index (χ3v) is 1.33. The first-order chi connectivity index (χ1) is 5.84. The molecular weight excluding hydrogens is 156 g/mol. The molecule has 63 valence electrons. The highest BCUT2D eigenvalue weighted by atomic mass is 16.5. The second-order valence-corrected chi connectivity index (χ2v) is 2.21. The number of ether oxygens (including phenoxy) is 1. The topological polar surface area (TPSA) is 46.2 Å². The summed E-state index contributed by atoms with van der Waals surface area (Å²) in [6.07, 6.45) is 0. The number of esters is 1. The number of rotatable bonds is 3. The lowest BCUT2D eigenvalue weighted by Crippen LogP contribution is -2.07. The van der Waals surface area contributed by atoms with Crippen LogP contribution in [-0.2, 0) is 9.84 Å². The molecule has 0 amide bonds. The van der Waals surface area contributed by atoms with Gasteiger partial charge < -0.3 is 4.74 Å². The first-order valence-electron chi connectivity index (χ1n) is 3.65. The first-order valence-corrected chi connectivity index (χ1v) is 3.65. The van der Waals surface area contributed by atoms with Gasteiger partial charge in [0.25, 0.3) is 0 Å². The summed E-state index contributed by atoms with van der Waals surface area (Å²) < 4.78 is 4.63. The average molecular weight is 165 g/mol. The van der Waals surface area contributed by atoms with Gasteiger partial charge in [0.1, 0.15) is 13.2 Å². The maximum Gasteiger partial charge on any atom is 0.338 e. The summed E-state index contributed by atoms with van der Waals surface area (Å²) in [6, 6.07) is 8.59. The summed E-state index contributed by atoms with van der Waals surface area (Å²) in [5, 5.41) is 9.99. The number of hydrogen-bond acceptors (Lipinski definition) is 2. The summed E-state index contributed by atoms with van der Waals surface area (Å²) >= 11 is 0. The number of carbonyl (C=O) groups excluding carboxylic acids is 1. The highest BCUT2D eigenvalue weighted by Gasteiger charge is 2.03. The molecule has 0 aliphatic rings. The van der Waals surface area contributed by atoms with E-state index >= 15 is 0 Å². The Hall–Kier alpha value is -1.35. The highest BCUT2D eigenvalue weighted by molar-refractivity contribution is 5.89. The van der Waals surface area contributed by atoms with Crippen LogP contribution in [0.5, 0.6) is 0 Å². The summed E-state index contributed by atoms with van der Waals surface area (Å²) in [5.41, 5.74) is 0.478. The Morgan fingerprint density at radius 1 is 1.25 bits per heavy atom. The summed E-state index contributed by atoms with van der Waals surface area (Å²) in [5.74, 6) is -0.438. The molecule has 0 fully saturated rings. The zero-order valence-electron chi connectivity index (χ0n) is 6.53. The number of benzene rings is 1. The van der Waals surface area contributed by atoms with Crippen molar-refractivity contribution in [3.8, 4) is 0 Å². The predicted octanol–water partition coefficient (Wildman–Crippen LogP) is 1.27. The lowest BCUT2D eigenvalue weighted by atomic mass is 10.2. The van der Waals surface area contributed by atoms with E-state index in [-0.39, 0.29) is 6.61 Å². The van der Waals surface area contributed by atoms with Gasteiger partial charge >= 0.3 is 5.97 Å².